The maximum atomic E-state index is 8.84. The van der Waals surface area contributed by atoms with Crippen LogP contribution in [0, 0.1) is 0 Å². The highest BCUT2D eigenvalue weighted by Crippen LogP contribution is 2.45. The minimum Gasteiger partial charge on any atom is -0.537 e. The summed E-state index contributed by atoms with van der Waals surface area (Å²) in [4.78, 5) is 0. The van der Waals surface area contributed by atoms with Crippen LogP contribution in [0.2, 0.25) is 0 Å². The number of rotatable bonds is 7. The first-order valence-electron chi connectivity index (χ1n) is 33.7. The maximum absolute atomic E-state index is 8.84. The molecule has 102 heavy (non-hydrogen) atoms. The average Bonchev–Trinajstić information content (AvgIpc) is 1.56. The van der Waals surface area contributed by atoms with Gasteiger partial charge in [0.15, 0.2) is 22.3 Å². The lowest BCUT2D eigenvalue weighted by Gasteiger charge is -2.08. The molecule has 0 spiro atoms. The zero-order chi connectivity index (χ0) is 67.7. The lowest BCUT2D eigenvalue weighted by molar-refractivity contribution is 0.454. The van der Waals surface area contributed by atoms with Crippen molar-refractivity contribution in [1.29, 1.82) is 0 Å². The van der Waals surface area contributed by atoms with E-state index in [1.54, 1.807) is 0 Å². The number of benzene rings is 15. The van der Waals surface area contributed by atoms with E-state index in [4.69, 9.17) is 27.3 Å². The molecular weight excluding hydrogens is 1390 g/mol. The van der Waals surface area contributed by atoms with Gasteiger partial charge in [0.2, 0.25) is 0 Å². The Labute approximate surface area is 599 Å². The van der Waals surface area contributed by atoms with Gasteiger partial charge in [0.05, 0.1) is 33.1 Å². The zero-order valence-corrected chi connectivity index (χ0v) is 57.4. The second-order valence-electron chi connectivity index (χ2n) is 25.7. The molecule has 9 nitrogen and oxygen atoms in total. The van der Waals surface area contributed by atoms with Crippen LogP contribution in [0.25, 0.3) is 192 Å². The summed E-state index contributed by atoms with van der Waals surface area (Å²) in [5.74, 6) is 0.617. The summed E-state index contributed by atoms with van der Waals surface area (Å²) >= 11 is 7.04. The lowest BCUT2D eigenvalue weighted by atomic mass is 9.99. The van der Waals surface area contributed by atoms with Gasteiger partial charge in [0, 0.05) is 101 Å². The van der Waals surface area contributed by atoms with Crippen molar-refractivity contribution in [3.8, 4) is 45.1 Å². The van der Waals surface area contributed by atoms with Crippen molar-refractivity contribution in [3.05, 3.63) is 324 Å². The summed E-state index contributed by atoms with van der Waals surface area (Å²) < 4.78 is 39.4. The maximum Gasteiger partial charge on any atom is 0.569 e. The van der Waals surface area contributed by atoms with Crippen molar-refractivity contribution < 1.29 is 27.3 Å². The summed E-state index contributed by atoms with van der Waals surface area (Å²) in [5.41, 5.74) is 21.7. The lowest BCUT2D eigenvalue weighted by Crippen LogP contribution is -1.99. The molecule has 7 aromatic heterocycles. The van der Waals surface area contributed by atoms with E-state index in [2.05, 4.69) is 288 Å². The molecule has 0 saturated heterocycles. The van der Waals surface area contributed by atoms with Crippen LogP contribution in [0.3, 0.4) is 0 Å². The topological polar surface area (TPSA) is 96.8 Å². The Bertz CT molecular complexity index is 6780. The molecule has 15 aromatic carbocycles. The van der Waals surface area contributed by atoms with E-state index in [9.17, 15) is 0 Å². The van der Waals surface area contributed by atoms with Crippen molar-refractivity contribution in [1.82, 2.24) is 13.7 Å². The Kier molecular flexibility index (Phi) is 14.0. The quantitative estimate of drug-likeness (QED) is 0.160. The number of hydrogen-bond acceptors (Lipinski definition) is 6. The summed E-state index contributed by atoms with van der Waals surface area (Å²) in [6, 6.07) is 110. The summed E-state index contributed by atoms with van der Waals surface area (Å²) in [7, 11) is 0.706. The minimum absolute atomic E-state index is 0.617. The van der Waals surface area contributed by atoms with Gasteiger partial charge in [-0.1, -0.05) is 165 Å². The molecule has 0 aliphatic rings. The number of halogens is 2. The Balaban J connectivity index is 0.000000128. The zero-order valence-electron chi connectivity index (χ0n) is 54.2. The first-order valence-corrected chi connectivity index (χ1v) is 35.3. The number of furan rings is 4. The van der Waals surface area contributed by atoms with Gasteiger partial charge >= 0.3 is 7.69 Å². The predicted octanol–water partition coefficient (Wildman–Crippen LogP) is 25.7. The van der Waals surface area contributed by atoms with Crippen molar-refractivity contribution in [2.75, 3.05) is 0 Å². The van der Waals surface area contributed by atoms with Gasteiger partial charge in [-0.25, -0.2) is 0 Å². The molecule has 0 aliphatic carbocycles. The average molecular weight is 1440 g/mol. The molecule has 0 saturated carbocycles. The third-order valence-corrected chi connectivity index (χ3v) is 20.9. The molecule has 0 bridgehead atoms. The molecule has 0 unspecified atom stereocenters. The third-order valence-electron chi connectivity index (χ3n) is 20.0. The highest BCUT2D eigenvalue weighted by molar-refractivity contribution is 9.10. The Morgan fingerprint density at radius 2 is 0.529 bits per heavy atom. The van der Waals surface area contributed by atoms with Crippen molar-refractivity contribution in [2.45, 2.75) is 0 Å². The van der Waals surface area contributed by atoms with Crippen LogP contribution < -0.4 is 4.65 Å². The van der Waals surface area contributed by atoms with Crippen LogP contribution in [0.4, 0.5) is 0 Å². The molecule has 1 N–H and O–H groups in total. The van der Waals surface area contributed by atoms with Crippen LogP contribution in [0.1, 0.15) is 0 Å². The minimum atomic E-state index is 0.617. The molecule has 22 rings (SSSR count). The fourth-order valence-corrected chi connectivity index (χ4v) is 16.1. The highest BCUT2D eigenvalue weighted by Gasteiger charge is 2.22. The first-order chi connectivity index (χ1) is 50.3. The molecule has 0 atom stereocenters. The van der Waals surface area contributed by atoms with Crippen molar-refractivity contribution >= 4 is 193 Å². The Hall–Kier alpha value is -12.3. The number of fused-ring (bicyclic) bond motifs is 23. The predicted molar refractivity (Wildman–Crippen MR) is 426 cm³/mol. The van der Waals surface area contributed by atoms with Gasteiger partial charge in [-0.2, -0.15) is 0 Å². The number of nitrogens with zero attached hydrogens (tertiary/aromatic N) is 3. The van der Waals surface area contributed by atoms with Gasteiger partial charge < -0.3 is 41.0 Å². The molecule has 12 heteroatoms. The molecule has 481 valence electrons. The SMILES string of the molecule is Brc1ccc2oc3c(ccc4c5cc(Br)ccc5oc43)c2c1.O[B]Oc1ccc2c(c1)c1ccccc1n2-c1ccccc1.c1ccc(-n2c3ccccc3c3cc(-c4ccc5oc6c(ccc7c8cc(-c9ccc%10c(c9)c9ccccc9n%10-c9ccccc9)ccc8oc76)c5c4)ccc32)cc1. The van der Waals surface area contributed by atoms with E-state index >= 15 is 0 Å². The van der Waals surface area contributed by atoms with E-state index in [1.807, 2.05) is 72.8 Å². The number of hydrogen-bond donors (Lipinski definition) is 1. The van der Waals surface area contributed by atoms with Gasteiger partial charge in [-0.15, -0.1) is 0 Å². The molecule has 0 amide bonds. The molecule has 22 aromatic rings. The third kappa shape index (κ3) is 9.70. The van der Waals surface area contributed by atoms with E-state index in [-0.39, 0.29) is 0 Å². The Morgan fingerprint density at radius 3 is 0.892 bits per heavy atom. The van der Waals surface area contributed by atoms with Crippen molar-refractivity contribution in [2.24, 2.45) is 0 Å². The van der Waals surface area contributed by atoms with E-state index in [1.165, 1.54) is 54.7 Å². The van der Waals surface area contributed by atoms with Gasteiger partial charge in [0.1, 0.15) is 28.1 Å². The van der Waals surface area contributed by atoms with Crippen LogP contribution >= 0.6 is 31.9 Å². The van der Waals surface area contributed by atoms with Crippen LogP contribution in [0.15, 0.2) is 342 Å². The highest BCUT2D eigenvalue weighted by atomic mass is 79.9. The van der Waals surface area contributed by atoms with E-state index < -0.39 is 0 Å². The molecule has 1 radical (unpaired) electrons. The number of aromatic nitrogens is 3. The summed E-state index contributed by atoms with van der Waals surface area (Å²) in [5, 5.41) is 24.6. The fraction of sp³-hybridized carbons (Fsp3) is 0. The smallest absolute Gasteiger partial charge is 0.537 e. The monoisotopic (exact) mass is 1440 g/mol. The van der Waals surface area contributed by atoms with Gasteiger partial charge in [-0.3, -0.25) is 0 Å². The molecule has 7 heterocycles. The van der Waals surface area contributed by atoms with E-state index in [0.29, 0.717) is 13.4 Å². The van der Waals surface area contributed by atoms with Crippen LogP contribution in [-0.2, 0) is 0 Å². The summed E-state index contributed by atoms with van der Waals surface area (Å²) in [6.45, 7) is 0. The first kappa shape index (κ1) is 59.7. The van der Waals surface area contributed by atoms with Crippen LogP contribution in [0.5, 0.6) is 5.75 Å². The van der Waals surface area contributed by atoms with E-state index in [0.717, 1.165) is 147 Å². The second kappa shape index (κ2) is 24.0. The standard InChI is InChI=1S/C54H32N2O2.C18H13BNO2.C18H8Br2O2/c1-3-11-37(12-4-1)55-47-17-9-7-15-39(47)43-29-33(19-25-49(43)55)35-21-27-51-45(31-35)41-23-24-42-46-32-36(22-28-52(46)58-54(42)53(41)57-51)34-20-26-50-44(30-34)40-16-8-10-18-48(40)56(50)38-13-5-2-6-14-38;21-19-22-14-10-11-18-16(12-14)15-8-4-5-9-17(15)20(18)13-6-2-1-3-7-13;19-9-1-5-15-13(7-9)11-3-4-12-14-8-10(20)2-6-16(14)22-18(12)17(11)21-15/h1-32H;1-12,21H;1-8H. The van der Waals surface area contributed by atoms with Gasteiger partial charge in [-0.05, 0) is 204 Å². The van der Waals surface area contributed by atoms with Gasteiger partial charge in [0.25, 0.3) is 0 Å². The molecule has 0 fully saturated rings. The van der Waals surface area contributed by atoms with Crippen LogP contribution in [-0.4, -0.2) is 26.4 Å². The fourth-order valence-electron chi connectivity index (χ4n) is 15.4. The largest absolute Gasteiger partial charge is 0.569 e. The number of para-hydroxylation sites is 6. The normalized spacial score (nSPS) is 11.9. The molecular formula is C90H53BBr2N3O6. The molecule has 0 aliphatic heterocycles. The summed E-state index contributed by atoms with van der Waals surface area (Å²) in [6.07, 6.45) is 0. The second-order valence-corrected chi connectivity index (χ2v) is 27.5. The van der Waals surface area contributed by atoms with Crippen molar-refractivity contribution in [3.63, 3.8) is 0 Å². The Morgan fingerprint density at radius 1 is 0.245 bits per heavy atom.